The number of carbonyl (C=O) groups excluding carboxylic acids is 3. The molecule has 0 unspecified atom stereocenters. The van der Waals surface area contributed by atoms with E-state index in [2.05, 4.69) is 25.9 Å². The molecule has 0 saturated heterocycles. The maximum Gasteiger partial charge on any atom is 0.326 e. The Balaban J connectivity index is 1.52. The van der Waals surface area contributed by atoms with Crippen LogP contribution >= 0.6 is 0 Å². The van der Waals surface area contributed by atoms with Crippen LogP contribution in [0.5, 0.6) is 0 Å². The summed E-state index contributed by atoms with van der Waals surface area (Å²) < 4.78 is 0. The van der Waals surface area contributed by atoms with Gasteiger partial charge in [0.05, 0.1) is 6.04 Å². The van der Waals surface area contributed by atoms with Gasteiger partial charge in [0.15, 0.2) is 0 Å². The Kier molecular flexibility index (Phi) is 9.98. The number of hydrogen-bond acceptors (Lipinski definition) is 5. The van der Waals surface area contributed by atoms with Crippen LogP contribution in [-0.2, 0) is 32.0 Å². The number of carbonyl (C=O) groups is 4. The van der Waals surface area contributed by atoms with Gasteiger partial charge < -0.3 is 36.8 Å². The lowest BCUT2D eigenvalue weighted by Crippen LogP contribution is -2.57. The number of benzene rings is 2. The second-order valence-electron chi connectivity index (χ2n) is 10.6. The van der Waals surface area contributed by atoms with Gasteiger partial charge in [-0.3, -0.25) is 14.4 Å². The molecule has 4 rings (SSSR count). The van der Waals surface area contributed by atoms with E-state index in [0.717, 1.165) is 39.4 Å². The van der Waals surface area contributed by atoms with Gasteiger partial charge in [-0.25, -0.2) is 4.79 Å². The molecule has 0 radical (unpaired) electrons. The third-order valence-electron chi connectivity index (χ3n) is 7.34. The second kappa shape index (κ2) is 13.8. The Morgan fingerprint density at radius 3 is 1.76 bits per heavy atom. The summed E-state index contributed by atoms with van der Waals surface area (Å²) in [7, 11) is 0. The summed E-state index contributed by atoms with van der Waals surface area (Å²) in [5.41, 5.74) is 9.09. The number of aliphatic carboxylic acids is 1. The molecule has 0 aliphatic rings. The molecule has 0 saturated carbocycles. The monoisotopic (exact) mass is 574 g/mol. The smallest absolute Gasteiger partial charge is 0.326 e. The number of H-pyrrole nitrogens is 2. The molecule has 4 atom stereocenters. The molecule has 2 aromatic carbocycles. The van der Waals surface area contributed by atoms with Gasteiger partial charge in [-0.05, 0) is 36.6 Å². The molecular formula is C31H38N6O5. The number of carboxylic acid groups (broad SMARTS) is 1. The number of carboxylic acids is 1. The van der Waals surface area contributed by atoms with Crippen LogP contribution in [0.15, 0.2) is 60.9 Å². The number of aromatic nitrogens is 2. The number of hydrogen-bond donors (Lipinski definition) is 7. The average Bonchev–Trinajstić information content (AvgIpc) is 3.58. The summed E-state index contributed by atoms with van der Waals surface area (Å²) in [5, 5.41) is 19.8. The third-order valence-corrected chi connectivity index (χ3v) is 7.34. The molecule has 0 bridgehead atoms. The zero-order valence-electron chi connectivity index (χ0n) is 23.8. The molecule has 42 heavy (non-hydrogen) atoms. The fourth-order valence-electron chi connectivity index (χ4n) is 4.98. The van der Waals surface area contributed by atoms with Crippen molar-refractivity contribution in [2.75, 3.05) is 0 Å². The average molecular weight is 575 g/mol. The van der Waals surface area contributed by atoms with Gasteiger partial charge in [-0.2, -0.15) is 0 Å². The Morgan fingerprint density at radius 1 is 0.762 bits per heavy atom. The van der Waals surface area contributed by atoms with Crippen molar-refractivity contribution in [3.05, 3.63) is 72.1 Å². The van der Waals surface area contributed by atoms with Crippen molar-refractivity contribution in [3.63, 3.8) is 0 Å². The first kappa shape index (κ1) is 30.3. The van der Waals surface area contributed by atoms with Crippen LogP contribution in [0.4, 0.5) is 0 Å². The fraction of sp³-hybridized carbons (Fsp3) is 0.355. The molecule has 11 heteroatoms. The van der Waals surface area contributed by atoms with E-state index < -0.39 is 47.9 Å². The van der Waals surface area contributed by atoms with Gasteiger partial charge in [0.1, 0.15) is 18.1 Å². The molecule has 0 aliphatic heterocycles. The Labute approximate surface area is 243 Å². The first-order valence-corrected chi connectivity index (χ1v) is 14.2. The highest BCUT2D eigenvalue weighted by Crippen LogP contribution is 2.21. The molecular weight excluding hydrogens is 536 g/mol. The molecule has 0 aliphatic carbocycles. The van der Waals surface area contributed by atoms with E-state index in [1.807, 2.05) is 55.5 Å². The summed E-state index contributed by atoms with van der Waals surface area (Å²) in [5.74, 6) is -2.85. The molecule has 2 aromatic heterocycles. The zero-order valence-corrected chi connectivity index (χ0v) is 23.8. The van der Waals surface area contributed by atoms with E-state index >= 15 is 0 Å². The van der Waals surface area contributed by atoms with E-state index in [-0.39, 0.29) is 12.8 Å². The Hall–Kier alpha value is -4.64. The number of aromatic amines is 2. The van der Waals surface area contributed by atoms with Crippen LogP contribution in [-0.4, -0.2) is 62.9 Å². The number of amides is 3. The minimum Gasteiger partial charge on any atom is -0.480 e. The number of fused-ring (bicyclic) bond motifs is 2. The second-order valence-corrected chi connectivity index (χ2v) is 10.6. The lowest BCUT2D eigenvalue weighted by Gasteiger charge is -2.25. The maximum absolute atomic E-state index is 13.6. The largest absolute Gasteiger partial charge is 0.480 e. The van der Waals surface area contributed by atoms with Crippen molar-refractivity contribution in [3.8, 4) is 0 Å². The predicted molar refractivity (Wildman–Crippen MR) is 161 cm³/mol. The van der Waals surface area contributed by atoms with Crippen molar-refractivity contribution in [1.82, 2.24) is 25.9 Å². The van der Waals surface area contributed by atoms with E-state index in [0.29, 0.717) is 12.8 Å². The van der Waals surface area contributed by atoms with E-state index in [1.165, 1.54) is 6.92 Å². The predicted octanol–water partition coefficient (Wildman–Crippen LogP) is 2.51. The highest BCUT2D eigenvalue weighted by molar-refractivity contribution is 5.95. The van der Waals surface area contributed by atoms with E-state index in [9.17, 15) is 24.3 Å². The molecule has 4 aromatic rings. The SMILES string of the molecule is CCCC[C@H](NC(=O)[C@H](Cc1c[nH]c2ccccc12)NC(=O)[C@H](C)N)C(=O)N[C@@H](Cc1c[nH]c2ccccc12)C(=O)O. The van der Waals surface area contributed by atoms with Gasteiger partial charge in [-0.15, -0.1) is 0 Å². The summed E-state index contributed by atoms with van der Waals surface area (Å²) >= 11 is 0. The topological polar surface area (TPSA) is 182 Å². The van der Waals surface area contributed by atoms with Crippen molar-refractivity contribution < 1.29 is 24.3 Å². The molecule has 11 nitrogen and oxygen atoms in total. The number of rotatable bonds is 14. The zero-order chi connectivity index (χ0) is 30.2. The number of nitrogens with two attached hydrogens (primary N) is 1. The van der Waals surface area contributed by atoms with Crippen LogP contribution in [0.3, 0.4) is 0 Å². The molecule has 8 N–H and O–H groups in total. The quantitative estimate of drug-likeness (QED) is 0.121. The lowest BCUT2D eigenvalue weighted by atomic mass is 10.0. The van der Waals surface area contributed by atoms with Gasteiger partial charge in [0, 0.05) is 47.0 Å². The number of nitrogens with one attached hydrogen (secondary N) is 5. The molecule has 3 amide bonds. The normalized spacial score (nSPS) is 14.2. The highest BCUT2D eigenvalue weighted by atomic mass is 16.4. The van der Waals surface area contributed by atoms with Crippen LogP contribution in [0.1, 0.15) is 44.2 Å². The fourth-order valence-corrected chi connectivity index (χ4v) is 4.98. The van der Waals surface area contributed by atoms with Gasteiger partial charge >= 0.3 is 5.97 Å². The first-order chi connectivity index (χ1) is 20.2. The minimum atomic E-state index is -1.21. The van der Waals surface area contributed by atoms with Crippen molar-refractivity contribution in [2.24, 2.45) is 5.73 Å². The molecule has 2 heterocycles. The number of para-hydroxylation sites is 2. The number of unbranched alkanes of at least 4 members (excludes halogenated alkanes) is 1. The summed E-state index contributed by atoms with van der Waals surface area (Å²) in [4.78, 5) is 58.0. The standard InChI is InChI=1S/C31H38N6O5/c1-3-4-11-25(29(39)37-27(31(41)42)15-20-17-34-24-13-8-6-10-22(20)24)35-30(40)26(36-28(38)18(2)32)14-19-16-33-23-12-7-5-9-21(19)23/h5-10,12-13,16-18,25-27,33-34H,3-4,11,14-15,32H2,1-2H3,(H,35,40)(H,36,38)(H,37,39)(H,41,42)/t18-,25-,26-,27-/m0/s1. The van der Waals surface area contributed by atoms with E-state index in [1.54, 1.807) is 12.4 Å². The molecule has 0 spiro atoms. The van der Waals surface area contributed by atoms with E-state index in [4.69, 9.17) is 5.73 Å². The van der Waals surface area contributed by atoms with Crippen LogP contribution < -0.4 is 21.7 Å². The van der Waals surface area contributed by atoms with Crippen LogP contribution in [0.25, 0.3) is 21.8 Å². The van der Waals surface area contributed by atoms with Gasteiger partial charge in [0.25, 0.3) is 0 Å². The lowest BCUT2D eigenvalue weighted by molar-refractivity contribution is -0.142. The minimum absolute atomic E-state index is 0.0627. The van der Waals surface area contributed by atoms with Crippen molar-refractivity contribution in [1.29, 1.82) is 0 Å². The first-order valence-electron chi connectivity index (χ1n) is 14.2. The molecule has 0 fully saturated rings. The van der Waals surface area contributed by atoms with Gasteiger partial charge in [0.2, 0.25) is 17.7 Å². The van der Waals surface area contributed by atoms with Crippen LogP contribution in [0.2, 0.25) is 0 Å². The third kappa shape index (κ3) is 7.35. The van der Waals surface area contributed by atoms with Gasteiger partial charge in [-0.1, -0.05) is 56.2 Å². The highest BCUT2D eigenvalue weighted by Gasteiger charge is 2.30. The summed E-state index contributed by atoms with van der Waals surface area (Å²) in [6.07, 6.45) is 5.43. The maximum atomic E-state index is 13.6. The van der Waals surface area contributed by atoms with Crippen molar-refractivity contribution >= 4 is 45.5 Å². The Morgan fingerprint density at radius 2 is 1.24 bits per heavy atom. The summed E-state index contributed by atoms with van der Waals surface area (Å²) in [6, 6.07) is 11.1. The van der Waals surface area contributed by atoms with Crippen molar-refractivity contribution in [2.45, 2.75) is 70.1 Å². The summed E-state index contributed by atoms with van der Waals surface area (Å²) in [6.45, 7) is 3.48. The Bertz CT molecular complexity index is 1560. The molecule has 222 valence electrons. The van der Waals surface area contributed by atoms with Crippen LogP contribution in [0, 0.1) is 0 Å².